The Morgan fingerprint density at radius 2 is 1.97 bits per heavy atom. The predicted octanol–water partition coefficient (Wildman–Crippen LogP) is 2.83. The van der Waals surface area contributed by atoms with Gasteiger partial charge in [-0.15, -0.1) is 0 Å². The lowest BCUT2D eigenvalue weighted by Crippen LogP contribution is -2.25. The Balaban J connectivity index is 1.51. The third-order valence-corrected chi connectivity index (χ3v) is 3.96. The summed E-state index contributed by atoms with van der Waals surface area (Å²) in [4.78, 5) is 30.8. The monoisotopic (exact) mass is 420 g/mol. The van der Waals surface area contributed by atoms with Gasteiger partial charge in [-0.2, -0.15) is 10.1 Å². The highest BCUT2D eigenvalue weighted by Crippen LogP contribution is 2.13. The Hall–Kier alpha value is -4.34. The second-order valence-electron chi connectivity index (χ2n) is 6.44. The van der Waals surface area contributed by atoms with Crippen molar-refractivity contribution in [3.05, 3.63) is 87.6 Å². The molecule has 10 heteroatoms. The average molecular weight is 420 g/mol. The molecule has 0 aliphatic rings. The first-order chi connectivity index (χ1) is 15.0. The maximum absolute atomic E-state index is 11.9. The first-order valence-corrected chi connectivity index (χ1v) is 9.32. The summed E-state index contributed by atoms with van der Waals surface area (Å²) in [5.41, 5.74) is 4.49. The zero-order chi connectivity index (χ0) is 22.1. The van der Waals surface area contributed by atoms with E-state index in [-0.39, 0.29) is 18.2 Å². The Bertz CT molecular complexity index is 1090. The number of aryl methyl sites for hydroxylation is 1. The van der Waals surface area contributed by atoms with Crippen molar-refractivity contribution in [1.82, 2.24) is 15.4 Å². The molecule has 1 amide bonds. The van der Waals surface area contributed by atoms with Crippen LogP contribution in [0.15, 0.2) is 65.8 Å². The van der Waals surface area contributed by atoms with E-state index in [9.17, 15) is 14.9 Å². The smallest absolute Gasteiger partial charge is 0.278 e. The summed E-state index contributed by atoms with van der Waals surface area (Å²) in [6, 6.07) is 17.3. The van der Waals surface area contributed by atoms with Crippen molar-refractivity contribution in [1.29, 1.82) is 0 Å². The van der Waals surface area contributed by atoms with Gasteiger partial charge in [0.2, 0.25) is 11.8 Å². The molecule has 0 spiro atoms. The normalized spacial score (nSPS) is 10.6. The molecule has 3 aromatic rings. The third-order valence-electron chi connectivity index (χ3n) is 3.96. The molecule has 1 aromatic heterocycles. The van der Waals surface area contributed by atoms with Crippen molar-refractivity contribution < 1.29 is 14.5 Å². The van der Waals surface area contributed by atoms with Crippen LogP contribution in [0.2, 0.25) is 0 Å². The van der Waals surface area contributed by atoms with Crippen LogP contribution >= 0.6 is 0 Å². The number of amides is 1. The number of hydrogen-bond donors (Lipinski definition) is 2. The minimum Gasteiger partial charge on any atom is -0.467 e. The fourth-order valence-electron chi connectivity index (χ4n) is 2.54. The van der Waals surface area contributed by atoms with Gasteiger partial charge in [-0.05, 0) is 12.5 Å². The number of nitrogens with zero attached hydrogens (tertiary/aromatic N) is 4. The lowest BCUT2D eigenvalue weighted by molar-refractivity contribution is -0.384. The van der Waals surface area contributed by atoms with Crippen LogP contribution in [0.5, 0.6) is 5.88 Å². The van der Waals surface area contributed by atoms with E-state index in [0.717, 1.165) is 5.56 Å². The van der Waals surface area contributed by atoms with Gasteiger partial charge in [0.05, 0.1) is 11.1 Å². The largest absolute Gasteiger partial charge is 0.467 e. The molecule has 0 aliphatic carbocycles. The maximum atomic E-state index is 11.9. The lowest BCUT2D eigenvalue weighted by atomic mass is 10.2. The summed E-state index contributed by atoms with van der Waals surface area (Å²) < 4.78 is 5.43. The fraction of sp³-hybridized carbons (Fsp3) is 0.143. The minimum absolute atomic E-state index is 0.0607. The van der Waals surface area contributed by atoms with Gasteiger partial charge in [-0.1, -0.05) is 42.5 Å². The molecule has 0 fully saturated rings. The number of ether oxygens (including phenoxy) is 1. The van der Waals surface area contributed by atoms with Crippen molar-refractivity contribution in [3.63, 3.8) is 0 Å². The molecule has 1 heterocycles. The summed E-state index contributed by atoms with van der Waals surface area (Å²) in [5, 5.41) is 17.7. The number of non-ortho nitro benzene ring substituents is 1. The summed E-state index contributed by atoms with van der Waals surface area (Å²) in [6.07, 6.45) is 1.31. The van der Waals surface area contributed by atoms with Crippen LogP contribution in [0.4, 0.5) is 11.6 Å². The third kappa shape index (κ3) is 6.89. The van der Waals surface area contributed by atoms with Crippen LogP contribution in [0.3, 0.4) is 0 Å². The van der Waals surface area contributed by atoms with Gasteiger partial charge in [0, 0.05) is 36.0 Å². The number of aromatic nitrogens is 2. The molecule has 0 saturated carbocycles. The van der Waals surface area contributed by atoms with Gasteiger partial charge in [0.15, 0.2) is 6.61 Å². The highest BCUT2D eigenvalue weighted by Gasteiger charge is 2.07. The molecule has 2 aromatic carbocycles. The molecule has 2 N–H and O–H groups in total. The van der Waals surface area contributed by atoms with Gasteiger partial charge in [0.1, 0.15) is 0 Å². The van der Waals surface area contributed by atoms with Crippen LogP contribution in [-0.2, 0) is 11.3 Å². The number of hydrogen-bond acceptors (Lipinski definition) is 8. The Morgan fingerprint density at radius 1 is 1.16 bits per heavy atom. The quantitative estimate of drug-likeness (QED) is 0.309. The lowest BCUT2D eigenvalue weighted by Gasteiger charge is -2.09. The van der Waals surface area contributed by atoms with Gasteiger partial charge in [-0.3, -0.25) is 14.9 Å². The van der Waals surface area contributed by atoms with Crippen molar-refractivity contribution in [2.75, 3.05) is 11.9 Å². The molecule has 0 radical (unpaired) electrons. The van der Waals surface area contributed by atoms with Crippen LogP contribution in [0.1, 0.15) is 16.8 Å². The number of rotatable bonds is 9. The topological polar surface area (TPSA) is 132 Å². The molecular formula is C21H20N6O4. The minimum atomic E-state index is -0.504. The summed E-state index contributed by atoms with van der Waals surface area (Å²) >= 11 is 0. The first kappa shape index (κ1) is 21.4. The predicted molar refractivity (Wildman–Crippen MR) is 115 cm³/mol. The zero-order valence-corrected chi connectivity index (χ0v) is 16.7. The van der Waals surface area contributed by atoms with Gasteiger partial charge >= 0.3 is 0 Å². The molecule has 0 aliphatic heterocycles. The SMILES string of the molecule is Cc1cc(OCC(=O)NN=Cc2cccc([N+](=O)[O-])c2)nc(NCc2ccccc2)n1. The molecular weight excluding hydrogens is 400 g/mol. The first-order valence-electron chi connectivity index (χ1n) is 9.32. The van der Waals surface area contributed by atoms with Crippen molar-refractivity contribution >= 4 is 23.8 Å². The van der Waals surface area contributed by atoms with Crippen molar-refractivity contribution in [3.8, 4) is 5.88 Å². The second kappa shape index (κ2) is 10.4. The van der Waals surface area contributed by atoms with Crippen LogP contribution in [0, 0.1) is 17.0 Å². The molecule has 3 rings (SSSR count). The number of nitro groups is 1. The number of nitro benzene ring substituents is 1. The summed E-state index contributed by atoms with van der Waals surface area (Å²) in [5.74, 6) is 0.139. The summed E-state index contributed by atoms with van der Waals surface area (Å²) in [6.45, 7) is 2.04. The number of anilines is 1. The van der Waals surface area contributed by atoms with E-state index in [4.69, 9.17) is 4.74 Å². The van der Waals surface area contributed by atoms with E-state index in [1.165, 1.54) is 24.4 Å². The van der Waals surface area contributed by atoms with E-state index in [1.54, 1.807) is 19.1 Å². The molecule has 0 bridgehead atoms. The fourth-order valence-corrected chi connectivity index (χ4v) is 2.54. The Kier molecular flexibility index (Phi) is 7.20. The highest BCUT2D eigenvalue weighted by atomic mass is 16.6. The maximum Gasteiger partial charge on any atom is 0.278 e. The van der Waals surface area contributed by atoms with E-state index >= 15 is 0 Å². The van der Waals surface area contributed by atoms with Crippen molar-refractivity contribution in [2.45, 2.75) is 13.5 Å². The van der Waals surface area contributed by atoms with Gasteiger partial charge in [-0.25, -0.2) is 10.4 Å². The average Bonchev–Trinajstić information content (AvgIpc) is 2.77. The van der Waals surface area contributed by atoms with E-state index < -0.39 is 10.8 Å². The van der Waals surface area contributed by atoms with Crippen LogP contribution in [-0.4, -0.2) is 33.6 Å². The Labute approximate surface area is 178 Å². The van der Waals surface area contributed by atoms with Gasteiger partial charge < -0.3 is 10.1 Å². The zero-order valence-electron chi connectivity index (χ0n) is 16.7. The number of carbonyl (C=O) groups is 1. The van der Waals surface area contributed by atoms with Crippen LogP contribution < -0.4 is 15.5 Å². The highest BCUT2D eigenvalue weighted by molar-refractivity contribution is 5.83. The number of carbonyl (C=O) groups excluding carboxylic acids is 1. The second-order valence-corrected chi connectivity index (χ2v) is 6.44. The molecule has 0 atom stereocenters. The van der Waals surface area contributed by atoms with E-state index in [0.29, 0.717) is 23.8 Å². The van der Waals surface area contributed by atoms with E-state index in [2.05, 4.69) is 25.8 Å². The molecule has 0 saturated heterocycles. The number of nitrogens with one attached hydrogen (secondary N) is 2. The van der Waals surface area contributed by atoms with Crippen LogP contribution in [0.25, 0.3) is 0 Å². The molecule has 158 valence electrons. The number of hydrazone groups is 1. The standard InChI is InChI=1S/C21H20N6O4/c1-15-10-20(25-21(24-15)22-12-16-6-3-2-4-7-16)31-14-19(28)26-23-13-17-8-5-9-18(11-17)27(29)30/h2-11,13H,12,14H2,1H3,(H,26,28)(H,22,24,25). The Morgan fingerprint density at radius 3 is 2.74 bits per heavy atom. The van der Waals surface area contributed by atoms with Crippen molar-refractivity contribution in [2.24, 2.45) is 5.10 Å². The molecule has 31 heavy (non-hydrogen) atoms. The number of benzene rings is 2. The molecule has 10 nitrogen and oxygen atoms in total. The molecule has 0 unspecified atom stereocenters. The summed E-state index contributed by atoms with van der Waals surface area (Å²) in [7, 11) is 0. The van der Waals surface area contributed by atoms with E-state index in [1.807, 2.05) is 30.3 Å². The van der Waals surface area contributed by atoms with Gasteiger partial charge in [0.25, 0.3) is 11.6 Å².